The first-order valence-corrected chi connectivity index (χ1v) is 17.5. The fourth-order valence-electron chi connectivity index (χ4n) is 5.14. The number of rotatable bonds is 7. The Bertz CT molecular complexity index is 2300. The predicted molar refractivity (Wildman–Crippen MR) is 185 cm³/mol. The number of nitrogens with zero attached hydrogens (tertiary/aromatic N) is 8. The number of terminal acetylenes is 1. The highest BCUT2D eigenvalue weighted by molar-refractivity contribution is 7.90. The Morgan fingerprint density at radius 1 is 1.25 bits per heavy atom. The zero-order valence-electron chi connectivity index (χ0n) is 28.4. The molecular weight excluding hydrogens is 722 g/mol. The van der Waals surface area contributed by atoms with E-state index in [9.17, 15) is 27.2 Å². The van der Waals surface area contributed by atoms with E-state index in [0.717, 1.165) is 35.8 Å². The first-order chi connectivity index (χ1) is 24.5. The summed E-state index contributed by atoms with van der Waals surface area (Å²) in [5.41, 5.74) is 0.213. The Balaban J connectivity index is 0.000000201. The van der Waals surface area contributed by atoms with Crippen molar-refractivity contribution in [2.24, 2.45) is 10.4 Å². The van der Waals surface area contributed by atoms with Gasteiger partial charge in [-0.15, -0.1) is 6.42 Å². The quantitative estimate of drug-likeness (QED) is 0.261. The van der Waals surface area contributed by atoms with Crippen LogP contribution < -0.4 is 28.8 Å². The number of hydrogen-bond donors (Lipinski definition) is 2. The van der Waals surface area contributed by atoms with Gasteiger partial charge >= 0.3 is 18.0 Å². The van der Waals surface area contributed by atoms with Crippen LogP contribution in [0.25, 0.3) is 0 Å². The van der Waals surface area contributed by atoms with Crippen molar-refractivity contribution in [1.82, 2.24) is 28.6 Å². The number of sulfonamides is 1. The van der Waals surface area contributed by atoms with Crippen molar-refractivity contribution in [3.8, 4) is 24.1 Å². The van der Waals surface area contributed by atoms with Crippen LogP contribution in [0.3, 0.4) is 0 Å². The molecule has 0 bridgehead atoms. The molecule has 2 aromatic carbocycles. The van der Waals surface area contributed by atoms with Crippen LogP contribution >= 0.6 is 11.5 Å². The monoisotopic (exact) mass is 753 g/mol. The molecule has 3 amide bonds. The van der Waals surface area contributed by atoms with E-state index in [1.54, 1.807) is 11.6 Å². The first kappa shape index (κ1) is 37.3. The van der Waals surface area contributed by atoms with Crippen molar-refractivity contribution in [2.45, 2.75) is 38.6 Å². The number of aryl methyl sites for hydroxylation is 1. The Hall–Kier alpha value is -5.94. The van der Waals surface area contributed by atoms with Gasteiger partial charge < -0.3 is 19.1 Å². The molecule has 0 fully saturated rings. The van der Waals surface area contributed by atoms with Crippen molar-refractivity contribution < 1.29 is 41.8 Å². The molecule has 0 saturated heterocycles. The summed E-state index contributed by atoms with van der Waals surface area (Å²) in [5.74, 6) is 1.59. The van der Waals surface area contributed by atoms with Crippen LogP contribution in [0.5, 0.6) is 11.8 Å². The molecular formula is C32H32FN9O8S2. The molecule has 272 valence electrons. The zero-order chi connectivity index (χ0) is 38.0. The van der Waals surface area contributed by atoms with Crippen molar-refractivity contribution in [3.05, 3.63) is 64.2 Å². The third-order valence-corrected chi connectivity index (χ3v) is 9.72. The first-order valence-electron chi connectivity index (χ1n) is 15.2. The van der Waals surface area contributed by atoms with E-state index in [4.69, 9.17) is 21.0 Å². The van der Waals surface area contributed by atoms with Crippen LogP contribution in [-0.4, -0.2) is 82.6 Å². The summed E-state index contributed by atoms with van der Waals surface area (Å²) in [6, 6.07) is 6.53. The molecule has 2 aliphatic heterocycles. The minimum atomic E-state index is -4.44. The number of urea groups is 1. The van der Waals surface area contributed by atoms with E-state index in [1.165, 1.54) is 54.9 Å². The van der Waals surface area contributed by atoms with Crippen LogP contribution in [-0.2, 0) is 27.8 Å². The number of ether oxygens (including phenoxy) is 2. The van der Waals surface area contributed by atoms with Crippen LogP contribution in [0, 0.1) is 30.5 Å². The molecule has 4 heterocycles. The molecule has 4 aromatic rings. The lowest BCUT2D eigenvalue weighted by Gasteiger charge is -2.28. The molecule has 2 aliphatic rings. The summed E-state index contributed by atoms with van der Waals surface area (Å²) in [6.07, 6.45) is 6.22. The van der Waals surface area contributed by atoms with Crippen LogP contribution in [0.15, 0.2) is 46.3 Å². The van der Waals surface area contributed by atoms with Crippen molar-refractivity contribution in [2.75, 3.05) is 37.1 Å². The fraction of sp³-hybridized carbons (Fsp3) is 0.312. The van der Waals surface area contributed by atoms with E-state index >= 15 is 0 Å². The van der Waals surface area contributed by atoms with Gasteiger partial charge in [0.2, 0.25) is 10.7 Å². The summed E-state index contributed by atoms with van der Waals surface area (Å²) in [6.45, 7) is 6.60. The van der Waals surface area contributed by atoms with Gasteiger partial charge in [-0.25, -0.2) is 32.1 Å². The zero-order valence-corrected chi connectivity index (χ0v) is 30.1. The molecule has 17 nitrogen and oxygen atoms in total. The third kappa shape index (κ3) is 8.00. The Labute approximate surface area is 301 Å². The fourth-order valence-corrected chi connectivity index (χ4v) is 7.07. The van der Waals surface area contributed by atoms with Crippen LogP contribution in [0.4, 0.5) is 26.5 Å². The molecule has 20 heteroatoms. The van der Waals surface area contributed by atoms with E-state index < -0.39 is 38.3 Å². The maximum atomic E-state index is 14.5. The molecule has 6 rings (SSSR count). The number of carboxylic acids is 1. The summed E-state index contributed by atoms with van der Waals surface area (Å²) in [4.78, 5) is 53.9. The van der Waals surface area contributed by atoms with Gasteiger partial charge in [0.15, 0.2) is 12.4 Å². The number of amides is 3. The number of anilines is 2. The highest BCUT2D eigenvalue weighted by Gasteiger charge is 2.32. The number of benzene rings is 2. The van der Waals surface area contributed by atoms with Crippen molar-refractivity contribution >= 4 is 56.8 Å². The highest BCUT2D eigenvalue weighted by atomic mass is 32.2. The van der Waals surface area contributed by atoms with Gasteiger partial charge in [0.1, 0.15) is 28.0 Å². The third-order valence-electron chi connectivity index (χ3n) is 7.57. The topological polar surface area (TPSA) is 211 Å². The van der Waals surface area contributed by atoms with Gasteiger partial charge in [-0.05, 0) is 30.5 Å². The highest BCUT2D eigenvalue weighted by Crippen LogP contribution is 2.37. The van der Waals surface area contributed by atoms with Crippen LogP contribution in [0.1, 0.15) is 35.9 Å². The van der Waals surface area contributed by atoms with E-state index in [2.05, 4.69) is 44.1 Å². The normalized spacial score (nSPS) is 14.6. The lowest BCUT2D eigenvalue weighted by Crippen LogP contribution is -2.42. The molecule has 0 atom stereocenters. The van der Waals surface area contributed by atoms with Gasteiger partial charge in [0.05, 0.1) is 24.9 Å². The number of fused-ring (bicyclic) bond motifs is 2. The minimum absolute atomic E-state index is 0.0498. The predicted octanol–water partition coefficient (Wildman–Crippen LogP) is 2.68. The Morgan fingerprint density at radius 2 is 1.98 bits per heavy atom. The van der Waals surface area contributed by atoms with E-state index in [1.807, 2.05) is 4.57 Å². The summed E-state index contributed by atoms with van der Waals surface area (Å²) < 4.78 is 57.8. The Morgan fingerprint density at radius 3 is 2.67 bits per heavy atom. The smallest absolute Gasteiger partial charge is 0.337 e. The van der Waals surface area contributed by atoms with Gasteiger partial charge in [-0.2, -0.15) is 19.3 Å². The second-order valence-electron chi connectivity index (χ2n) is 12.1. The number of carbonyl (C=O) groups is 3. The van der Waals surface area contributed by atoms with Gasteiger partial charge in [0.25, 0.3) is 15.9 Å². The minimum Gasteiger partial charge on any atom is -0.481 e. The number of halogens is 1. The molecule has 0 aliphatic carbocycles. The van der Waals surface area contributed by atoms with E-state index in [-0.39, 0.29) is 47.9 Å². The SMILES string of the molecule is C#CCN1C(=O)COc2cc(F)c(N=c3snc4n3CC(C)(C)C4)cc21.COc1nc(C)nc(N(C)C(=O)NS(=O)(=O)c2ccccc2C(=O)O)n1. The number of aromatic carboxylic acids is 1. The lowest BCUT2D eigenvalue weighted by atomic mass is 9.92. The second kappa shape index (κ2) is 14.7. The summed E-state index contributed by atoms with van der Waals surface area (Å²) in [5, 5.41) is 9.11. The molecule has 0 unspecified atom stereocenters. The number of carbonyl (C=O) groups excluding carboxylic acids is 2. The maximum Gasteiger partial charge on any atom is 0.337 e. The lowest BCUT2D eigenvalue weighted by molar-refractivity contribution is -0.121. The van der Waals surface area contributed by atoms with Crippen LogP contribution in [0.2, 0.25) is 0 Å². The summed E-state index contributed by atoms with van der Waals surface area (Å²) >= 11 is 1.24. The number of methoxy groups -OCH3 is 1. The van der Waals surface area contributed by atoms with Gasteiger partial charge in [-0.1, -0.05) is 31.9 Å². The van der Waals surface area contributed by atoms with Crippen molar-refractivity contribution in [3.63, 3.8) is 0 Å². The molecule has 2 aromatic heterocycles. The molecule has 0 spiro atoms. The number of carboxylic acid groups (broad SMARTS) is 1. The Kier molecular flexibility index (Phi) is 10.6. The molecule has 52 heavy (non-hydrogen) atoms. The average Bonchev–Trinajstić information content (AvgIpc) is 3.60. The molecule has 0 radical (unpaired) electrons. The van der Waals surface area contributed by atoms with E-state index in [0.29, 0.717) is 16.2 Å². The maximum absolute atomic E-state index is 14.5. The van der Waals surface area contributed by atoms with Gasteiger partial charge in [0, 0.05) is 37.6 Å². The molecule has 2 N–H and O–H groups in total. The molecule has 0 saturated carbocycles. The number of hydrogen-bond acceptors (Lipinski definition) is 13. The number of nitrogens with one attached hydrogen (secondary N) is 1. The summed E-state index contributed by atoms with van der Waals surface area (Å²) in [7, 11) is -1.87. The van der Waals surface area contributed by atoms with Crippen molar-refractivity contribution in [1.29, 1.82) is 0 Å². The second-order valence-corrected chi connectivity index (χ2v) is 14.5. The average molecular weight is 754 g/mol. The van der Waals surface area contributed by atoms with Gasteiger partial charge in [-0.3, -0.25) is 14.6 Å². The standard InChI is InChI=1S/C18H17FN4O2S.C14H15N5O6S/c1-4-5-22-13-7-12(11(19)6-14(13)25-9-16(22)24)20-17-23-10-18(2,3)8-15(23)21-26-17;1-8-15-12(17-13(16-8)25-3)19(2)14(22)18-26(23,24)10-7-5-4-6-9(10)11(20)21/h1,6-7H,5,8-10H2,2-3H3;4-7H,1-3H3,(H,18,22)(H,20,21). The number of aromatic nitrogens is 5. The largest absolute Gasteiger partial charge is 0.481 e.